The van der Waals surface area contributed by atoms with Gasteiger partial charge in [0.2, 0.25) is 0 Å². The lowest BCUT2D eigenvalue weighted by Gasteiger charge is -2.00. The number of hydrogen-bond acceptors (Lipinski definition) is 2. The van der Waals surface area contributed by atoms with Crippen LogP contribution in [-0.4, -0.2) is 21.0 Å². The van der Waals surface area contributed by atoms with Gasteiger partial charge in [-0.1, -0.05) is 30.0 Å². The maximum atomic E-state index is 11.9. The van der Waals surface area contributed by atoms with Gasteiger partial charge in [-0.05, 0) is 36.4 Å². The van der Waals surface area contributed by atoms with Crippen molar-refractivity contribution in [1.82, 2.24) is 0 Å². The van der Waals surface area contributed by atoms with E-state index in [9.17, 15) is 9.00 Å². The molecule has 4 heteroatoms. The summed E-state index contributed by atoms with van der Waals surface area (Å²) in [7, 11) is -1.28. The van der Waals surface area contributed by atoms with E-state index in [1.807, 2.05) is 30.3 Å². The van der Waals surface area contributed by atoms with Crippen LogP contribution in [0.5, 0.6) is 0 Å². The molecule has 3 nitrogen and oxygen atoms in total. The Morgan fingerprint density at radius 3 is 2.10 bits per heavy atom. The van der Waals surface area contributed by atoms with Gasteiger partial charge in [-0.15, -0.1) is 0 Å². The van der Waals surface area contributed by atoms with Gasteiger partial charge in [0.15, 0.2) is 0 Å². The first-order valence-electron chi connectivity index (χ1n) is 6.42. The van der Waals surface area contributed by atoms with Gasteiger partial charge in [-0.3, -0.25) is 9.00 Å². The number of carbonyl (C=O) groups is 1. The van der Waals surface area contributed by atoms with Gasteiger partial charge in [0.1, 0.15) is 0 Å². The summed E-state index contributed by atoms with van der Waals surface area (Å²) in [5.41, 5.74) is 1.77. The number of carboxylic acid groups (broad SMARTS) is 1. The molecule has 1 atom stereocenters. The summed E-state index contributed by atoms with van der Waals surface area (Å²) in [6, 6.07) is 16.7. The zero-order valence-electron chi connectivity index (χ0n) is 11.3. The number of rotatable bonds is 4. The SMILES string of the molecule is O=C(O)CCS(=O)c1ccc(C#Cc2ccccc2)cc1. The van der Waals surface area contributed by atoms with Crippen molar-refractivity contribution < 1.29 is 14.1 Å². The fourth-order valence-electron chi connectivity index (χ4n) is 1.65. The van der Waals surface area contributed by atoms with E-state index < -0.39 is 16.8 Å². The third-order valence-electron chi connectivity index (χ3n) is 2.74. The Kier molecular flexibility index (Phi) is 5.30. The van der Waals surface area contributed by atoms with Gasteiger partial charge in [-0.25, -0.2) is 0 Å². The van der Waals surface area contributed by atoms with Gasteiger partial charge < -0.3 is 5.11 Å². The molecule has 2 aromatic carbocycles. The summed E-state index contributed by atoms with van der Waals surface area (Å²) in [4.78, 5) is 11.1. The van der Waals surface area contributed by atoms with E-state index in [-0.39, 0.29) is 12.2 Å². The van der Waals surface area contributed by atoms with Crippen molar-refractivity contribution >= 4 is 16.8 Å². The minimum atomic E-state index is -1.28. The molecule has 21 heavy (non-hydrogen) atoms. The molecule has 0 aliphatic heterocycles. The van der Waals surface area contributed by atoms with Crippen molar-refractivity contribution in [2.75, 3.05) is 5.75 Å². The number of aliphatic carboxylic acids is 1. The standard InChI is InChI=1S/C17H14O3S/c18-17(19)12-13-21(20)16-10-8-15(9-11-16)7-6-14-4-2-1-3-5-14/h1-5,8-11H,12-13H2,(H,18,19). The Morgan fingerprint density at radius 2 is 1.52 bits per heavy atom. The normalized spacial score (nSPS) is 11.2. The molecule has 1 unspecified atom stereocenters. The Morgan fingerprint density at radius 1 is 0.952 bits per heavy atom. The first-order valence-corrected chi connectivity index (χ1v) is 7.74. The zero-order chi connectivity index (χ0) is 15.1. The van der Waals surface area contributed by atoms with Crippen LogP contribution in [0, 0.1) is 11.8 Å². The summed E-state index contributed by atoms with van der Waals surface area (Å²) >= 11 is 0. The van der Waals surface area contributed by atoms with E-state index in [0.29, 0.717) is 4.90 Å². The minimum absolute atomic E-state index is 0.0951. The fraction of sp³-hybridized carbons (Fsp3) is 0.118. The van der Waals surface area contributed by atoms with E-state index in [1.165, 1.54) is 0 Å². The average molecular weight is 298 g/mol. The van der Waals surface area contributed by atoms with Crippen LogP contribution in [0.25, 0.3) is 0 Å². The molecule has 0 radical (unpaired) electrons. The maximum absolute atomic E-state index is 11.9. The van der Waals surface area contributed by atoms with Gasteiger partial charge in [-0.2, -0.15) is 0 Å². The van der Waals surface area contributed by atoms with Gasteiger partial charge >= 0.3 is 5.97 Å². The van der Waals surface area contributed by atoms with E-state index >= 15 is 0 Å². The molecule has 0 bridgehead atoms. The molecule has 0 heterocycles. The second-order valence-corrected chi connectivity index (χ2v) is 5.90. The van der Waals surface area contributed by atoms with Crippen molar-refractivity contribution in [3.8, 4) is 11.8 Å². The van der Waals surface area contributed by atoms with E-state index in [0.717, 1.165) is 11.1 Å². The van der Waals surface area contributed by atoms with Crippen LogP contribution in [0.4, 0.5) is 0 Å². The fourth-order valence-corrected chi connectivity index (χ4v) is 2.69. The van der Waals surface area contributed by atoms with Gasteiger partial charge in [0.05, 0.1) is 17.2 Å². The van der Waals surface area contributed by atoms with Crippen molar-refractivity contribution in [2.24, 2.45) is 0 Å². The zero-order valence-corrected chi connectivity index (χ0v) is 12.1. The summed E-state index contributed by atoms with van der Waals surface area (Å²) in [5.74, 6) is 5.27. The molecule has 106 valence electrons. The second kappa shape index (κ2) is 7.41. The van der Waals surface area contributed by atoms with Crippen LogP contribution < -0.4 is 0 Å². The van der Waals surface area contributed by atoms with Crippen molar-refractivity contribution in [2.45, 2.75) is 11.3 Å². The predicted molar refractivity (Wildman–Crippen MR) is 82.4 cm³/mol. The van der Waals surface area contributed by atoms with Gasteiger partial charge in [0, 0.05) is 21.8 Å². The molecule has 0 aromatic heterocycles. The number of carboxylic acids is 1. The number of benzene rings is 2. The van der Waals surface area contributed by atoms with Crippen LogP contribution in [0.1, 0.15) is 17.5 Å². The Labute approximate surface area is 126 Å². The van der Waals surface area contributed by atoms with Crippen molar-refractivity contribution in [3.05, 3.63) is 65.7 Å². The molecule has 0 saturated carbocycles. The highest BCUT2D eigenvalue weighted by Crippen LogP contribution is 2.09. The molecule has 0 spiro atoms. The molecule has 0 amide bonds. The molecule has 0 aliphatic rings. The quantitative estimate of drug-likeness (QED) is 0.883. The Balaban J connectivity index is 2.04. The number of hydrogen-bond donors (Lipinski definition) is 1. The van der Waals surface area contributed by atoms with Gasteiger partial charge in [0.25, 0.3) is 0 Å². The van der Waals surface area contributed by atoms with E-state index in [2.05, 4.69) is 11.8 Å². The van der Waals surface area contributed by atoms with E-state index in [1.54, 1.807) is 24.3 Å². The van der Waals surface area contributed by atoms with E-state index in [4.69, 9.17) is 5.11 Å². The Bertz CT molecular complexity index is 694. The third kappa shape index (κ3) is 4.90. The van der Waals surface area contributed by atoms with Crippen LogP contribution in [-0.2, 0) is 15.6 Å². The molecule has 1 N–H and O–H groups in total. The molecule has 0 fully saturated rings. The monoisotopic (exact) mass is 298 g/mol. The summed E-state index contributed by atoms with van der Waals surface area (Å²) < 4.78 is 11.9. The largest absolute Gasteiger partial charge is 0.481 e. The van der Waals surface area contributed by atoms with Crippen LogP contribution in [0.2, 0.25) is 0 Å². The summed E-state index contributed by atoms with van der Waals surface area (Å²) in [6.07, 6.45) is -0.0951. The lowest BCUT2D eigenvalue weighted by atomic mass is 10.2. The summed E-state index contributed by atoms with van der Waals surface area (Å²) in [5, 5.41) is 8.58. The molecular weight excluding hydrogens is 284 g/mol. The topological polar surface area (TPSA) is 54.4 Å². The van der Waals surface area contributed by atoms with Crippen LogP contribution in [0.15, 0.2) is 59.5 Å². The van der Waals surface area contributed by atoms with Crippen LogP contribution >= 0.6 is 0 Å². The Hall–Kier alpha value is -2.38. The smallest absolute Gasteiger partial charge is 0.304 e. The molecule has 0 saturated heterocycles. The molecule has 2 rings (SSSR count). The molecular formula is C17H14O3S. The molecule has 0 aliphatic carbocycles. The highest BCUT2D eigenvalue weighted by atomic mass is 32.2. The first-order chi connectivity index (χ1) is 10.1. The van der Waals surface area contributed by atoms with Crippen molar-refractivity contribution in [3.63, 3.8) is 0 Å². The average Bonchev–Trinajstić information content (AvgIpc) is 2.52. The first kappa shape index (κ1) is 15.0. The molecule has 2 aromatic rings. The lowest BCUT2D eigenvalue weighted by molar-refractivity contribution is -0.136. The van der Waals surface area contributed by atoms with Crippen molar-refractivity contribution in [1.29, 1.82) is 0 Å². The van der Waals surface area contributed by atoms with Crippen LogP contribution in [0.3, 0.4) is 0 Å². The third-order valence-corrected chi connectivity index (χ3v) is 4.12. The highest BCUT2D eigenvalue weighted by Gasteiger charge is 2.06. The lowest BCUT2D eigenvalue weighted by Crippen LogP contribution is -2.04. The maximum Gasteiger partial charge on any atom is 0.304 e. The minimum Gasteiger partial charge on any atom is -0.481 e. The summed E-state index contributed by atoms with van der Waals surface area (Å²) in [6.45, 7) is 0. The highest BCUT2D eigenvalue weighted by molar-refractivity contribution is 7.85. The predicted octanol–water partition coefficient (Wildman–Crippen LogP) is 2.67. The second-order valence-electron chi connectivity index (χ2n) is 4.33.